The topological polar surface area (TPSA) is 49.0 Å². The molecule has 0 saturated heterocycles. The molecule has 0 amide bonds. The molecule has 0 aliphatic carbocycles. The molecule has 1 heterocycles. The van der Waals surface area contributed by atoms with Crippen LogP contribution in [0.4, 0.5) is 0 Å². The first-order valence-corrected chi connectivity index (χ1v) is 5.59. The standard InChI is InChI=1S/C15H10N2O/c16-9-11-10-17(12-5-7-13(18)8-6-12)15-4-2-1-3-14(11)15/h1-8,10,18H. The molecule has 86 valence electrons. The van der Waals surface area contributed by atoms with Crippen LogP contribution in [0.2, 0.25) is 0 Å². The van der Waals surface area contributed by atoms with E-state index in [2.05, 4.69) is 6.07 Å². The minimum Gasteiger partial charge on any atom is -0.508 e. The highest BCUT2D eigenvalue weighted by Crippen LogP contribution is 2.25. The zero-order valence-electron chi connectivity index (χ0n) is 9.54. The maximum absolute atomic E-state index is 9.31. The van der Waals surface area contributed by atoms with Crippen molar-refractivity contribution in [2.24, 2.45) is 0 Å². The van der Waals surface area contributed by atoms with Crippen molar-refractivity contribution in [2.45, 2.75) is 0 Å². The number of para-hydroxylation sites is 1. The molecule has 0 radical (unpaired) electrons. The fourth-order valence-electron chi connectivity index (χ4n) is 2.10. The van der Waals surface area contributed by atoms with E-state index in [9.17, 15) is 5.11 Å². The van der Waals surface area contributed by atoms with E-state index in [4.69, 9.17) is 5.26 Å². The predicted octanol–water partition coefficient (Wildman–Crippen LogP) is 3.21. The highest BCUT2D eigenvalue weighted by atomic mass is 16.3. The van der Waals surface area contributed by atoms with Crippen LogP contribution < -0.4 is 0 Å². The second kappa shape index (κ2) is 3.94. The molecule has 0 saturated carbocycles. The molecule has 0 bridgehead atoms. The summed E-state index contributed by atoms with van der Waals surface area (Å²) in [6, 6.07) is 16.9. The van der Waals surface area contributed by atoms with Crippen LogP contribution in [-0.2, 0) is 0 Å². The van der Waals surface area contributed by atoms with Gasteiger partial charge in [-0.3, -0.25) is 0 Å². The van der Waals surface area contributed by atoms with E-state index in [0.717, 1.165) is 16.6 Å². The molecule has 1 N–H and O–H groups in total. The van der Waals surface area contributed by atoms with Gasteiger partial charge in [0.2, 0.25) is 0 Å². The summed E-state index contributed by atoms with van der Waals surface area (Å²) in [6.07, 6.45) is 1.82. The van der Waals surface area contributed by atoms with E-state index in [1.54, 1.807) is 12.1 Å². The smallest absolute Gasteiger partial charge is 0.115 e. The fourth-order valence-corrected chi connectivity index (χ4v) is 2.10. The van der Waals surface area contributed by atoms with Crippen LogP contribution in [0.25, 0.3) is 16.6 Å². The van der Waals surface area contributed by atoms with Crippen molar-refractivity contribution >= 4 is 10.9 Å². The number of aromatic hydroxyl groups is 1. The van der Waals surface area contributed by atoms with Gasteiger partial charge in [-0.2, -0.15) is 5.26 Å². The Morgan fingerprint density at radius 2 is 1.72 bits per heavy atom. The maximum atomic E-state index is 9.31. The van der Waals surface area contributed by atoms with Crippen LogP contribution in [0.15, 0.2) is 54.7 Å². The average molecular weight is 234 g/mol. The van der Waals surface area contributed by atoms with Gasteiger partial charge >= 0.3 is 0 Å². The fraction of sp³-hybridized carbons (Fsp3) is 0. The van der Waals surface area contributed by atoms with Gasteiger partial charge in [-0.15, -0.1) is 0 Å². The molecule has 0 spiro atoms. The van der Waals surface area contributed by atoms with Crippen molar-refractivity contribution in [3.63, 3.8) is 0 Å². The van der Waals surface area contributed by atoms with Gasteiger partial charge in [0.25, 0.3) is 0 Å². The molecule has 0 aliphatic heterocycles. The van der Waals surface area contributed by atoms with Crippen LogP contribution in [0.1, 0.15) is 5.56 Å². The number of hydrogen-bond donors (Lipinski definition) is 1. The quantitative estimate of drug-likeness (QED) is 0.702. The first kappa shape index (κ1) is 10.4. The summed E-state index contributed by atoms with van der Waals surface area (Å²) in [7, 11) is 0. The summed E-state index contributed by atoms with van der Waals surface area (Å²) in [4.78, 5) is 0. The average Bonchev–Trinajstić information content (AvgIpc) is 2.79. The monoisotopic (exact) mass is 234 g/mol. The van der Waals surface area contributed by atoms with Gasteiger partial charge in [-0.05, 0) is 30.3 Å². The number of fused-ring (bicyclic) bond motifs is 1. The number of nitrogens with zero attached hydrogens (tertiary/aromatic N) is 2. The molecule has 2 aromatic carbocycles. The van der Waals surface area contributed by atoms with E-state index in [0.29, 0.717) is 5.56 Å². The Hall–Kier alpha value is -2.73. The van der Waals surface area contributed by atoms with E-state index < -0.39 is 0 Å². The summed E-state index contributed by atoms with van der Waals surface area (Å²) < 4.78 is 1.95. The molecule has 0 fully saturated rings. The van der Waals surface area contributed by atoms with E-state index in [-0.39, 0.29) is 5.75 Å². The Bertz CT molecular complexity index is 748. The lowest BCUT2D eigenvalue weighted by molar-refractivity contribution is 0.475. The molecule has 1 aromatic heterocycles. The van der Waals surface area contributed by atoms with Crippen LogP contribution in [0.5, 0.6) is 5.75 Å². The maximum Gasteiger partial charge on any atom is 0.115 e. The molecule has 3 heteroatoms. The number of benzene rings is 2. The van der Waals surface area contributed by atoms with Crippen molar-refractivity contribution in [3.8, 4) is 17.5 Å². The summed E-state index contributed by atoms with van der Waals surface area (Å²) in [5.41, 5.74) is 2.56. The molecule has 3 rings (SSSR count). The Morgan fingerprint density at radius 3 is 2.44 bits per heavy atom. The molecule has 0 aliphatic rings. The number of nitriles is 1. The van der Waals surface area contributed by atoms with Gasteiger partial charge in [0.15, 0.2) is 0 Å². The number of aromatic nitrogens is 1. The lowest BCUT2D eigenvalue weighted by Crippen LogP contribution is -1.90. The number of rotatable bonds is 1. The third-order valence-corrected chi connectivity index (χ3v) is 2.96. The first-order valence-electron chi connectivity index (χ1n) is 5.59. The molecular weight excluding hydrogens is 224 g/mol. The number of phenols is 1. The van der Waals surface area contributed by atoms with Crippen LogP contribution in [0.3, 0.4) is 0 Å². The Labute approximate surface area is 104 Å². The zero-order valence-corrected chi connectivity index (χ0v) is 9.54. The molecular formula is C15H10N2O. The Balaban J connectivity index is 2.30. The van der Waals surface area contributed by atoms with Crippen molar-refractivity contribution < 1.29 is 5.11 Å². The molecule has 3 aromatic rings. The van der Waals surface area contributed by atoms with Gasteiger partial charge in [0.05, 0.1) is 11.1 Å². The van der Waals surface area contributed by atoms with Crippen molar-refractivity contribution in [3.05, 3.63) is 60.3 Å². The Morgan fingerprint density at radius 1 is 1.00 bits per heavy atom. The van der Waals surface area contributed by atoms with Crippen molar-refractivity contribution in [2.75, 3.05) is 0 Å². The molecule has 3 nitrogen and oxygen atoms in total. The van der Waals surface area contributed by atoms with Crippen molar-refractivity contribution in [1.82, 2.24) is 4.57 Å². The minimum atomic E-state index is 0.232. The molecule has 18 heavy (non-hydrogen) atoms. The van der Waals surface area contributed by atoms with Gasteiger partial charge in [0.1, 0.15) is 11.8 Å². The van der Waals surface area contributed by atoms with E-state index >= 15 is 0 Å². The number of hydrogen-bond acceptors (Lipinski definition) is 2. The summed E-state index contributed by atoms with van der Waals surface area (Å²) in [6.45, 7) is 0. The summed E-state index contributed by atoms with van der Waals surface area (Å²) in [5, 5.41) is 19.4. The van der Waals surface area contributed by atoms with E-state index in [1.165, 1.54) is 0 Å². The summed E-state index contributed by atoms with van der Waals surface area (Å²) in [5.74, 6) is 0.232. The van der Waals surface area contributed by atoms with E-state index in [1.807, 2.05) is 47.2 Å². The van der Waals surface area contributed by atoms with Crippen LogP contribution in [0, 0.1) is 11.3 Å². The first-order chi connectivity index (χ1) is 8.79. The molecule has 0 atom stereocenters. The second-order valence-corrected chi connectivity index (χ2v) is 4.06. The predicted molar refractivity (Wildman–Crippen MR) is 69.7 cm³/mol. The third kappa shape index (κ3) is 1.52. The lowest BCUT2D eigenvalue weighted by atomic mass is 10.2. The van der Waals surface area contributed by atoms with Crippen LogP contribution in [-0.4, -0.2) is 9.67 Å². The van der Waals surface area contributed by atoms with Gasteiger partial charge in [0, 0.05) is 17.3 Å². The minimum absolute atomic E-state index is 0.232. The van der Waals surface area contributed by atoms with Gasteiger partial charge < -0.3 is 9.67 Å². The SMILES string of the molecule is N#Cc1cn(-c2ccc(O)cc2)c2ccccc12. The highest BCUT2D eigenvalue weighted by molar-refractivity contribution is 5.87. The Kier molecular flexibility index (Phi) is 2.28. The van der Waals surface area contributed by atoms with Crippen molar-refractivity contribution in [1.29, 1.82) is 5.26 Å². The third-order valence-electron chi connectivity index (χ3n) is 2.96. The van der Waals surface area contributed by atoms with Crippen LogP contribution >= 0.6 is 0 Å². The van der Waals surface area contributed by atoms with Gasteiger partial charge in [-0.1, -0.05) is 18.2 Å². The second-order valence-electron chi connectivity index (χ2n) is 4.06. The lowest BCUT2D eigenvalue weighted by Gasteiger charge is -2.04. The molecule has 0 unspecified atom stereocenters. The number of phenolic OH excluding ortho intramolecular Hbond substituents is 1. The zero-order chi connectivity index (χ0) is 12.5. The highest BCUT2D eigenvalue weighted by Gasteiger charge is 2.08. The largest absolute Gasteiger partial charge is 0.508 e. The van der Waals surface area contributed by atoms with Gasteiger partial charge in [-0.25, -0.2) is 0 Å². The summed E-state index contributed by atoms with van der Waals surface area (Å²) >= 11 is 0. The normalized spacial score (nSPS) is 10.4.